The molecule has 0 aliphatic heterocycles. The van der Waals surface area contributed by atoms with E-state index in [1.807, 2.05) is 0 Å². The molecule has 3 unspecified atom stereocenters. The molecule has 0 radical (unpaired) electrons. The average Bonchev–Trinajstić information content (AvgIpc) is 3.11. The summed E-state index contributed by atoms with van der Waals surface area (Å²) < 4.78 is 0. The van der Waals surface area contributed by atoms with Crippen LogP contribution in [0.2, 0.25) is 0 Å². The summed E-state index contributed by atoms with van der Waals surface area (Å²) >= 11 is 0. The molecule has 2 aromatic carbocycles. The maximum atomic E-state index is 2.41. The van der Waals surface area contributed by atoms with Crippen molar-refractivity contribution >= 4 is 12.2 Å². The van der Waals surface area contributed by atoms with Crippen molar-refractivity contribution in [3.63, 3.8) is 0 Å². The lowest BCUT2D eigenvalue weighted by atomic mass is 9.77. The van der Waals surface area contributed by atoms with Gasteiger partial charge < -0.3 is 0 Å². The summed E-state index contributed by atoms with van der Waals surface area (Å²) in [4.78, 5) is 0. The molecule has 2 aliphatic rings. The van der Waals surface area contributed by atoms with Crippen LogP contribution in [0.4, 0.5) is 0 Å². The minimum absolute atomic E-state index is 0.524. The molecule has 0 fully saturated rings. The van der Waals surface area contributed by atoms with Crippen LogP contribution in [0.25, 0.3) is 12.2 Å². The molecule has 0 bridgehead atoms. The minimum atomic E-state index is 0.524. The van der Waals surface area contributed by atoms with Gasteiger partial charge in [0.15, 0.2) is 0 Å². The second kappa shape index (κ2) is 4.98. The Morgan fingerprint density at radius 3 is 2.50 bits per heavy atom. The molecule has 22 heavy (non-hydrogen) atoms. The highest BCUT2D eigenvalue weighted by Gasteiger charge is 2.31. The topological polar surface area (TPSA) is 0 Å². The van der Waals surface area contributed by atoms with Crippen molar-refractivity contribution in [3.05, 3.63) is 81.9 Å². The molecule has 0 N–H and O–H groups in total. The predicted octanol–water partition coefficient (Wildman–Crippen LogP) is 5.86. The Balaban J connectivity index is 1.70. The van der Waals surface area contributed by atoms with E-state index in [2.05, 4.69) is 81.5 Å². The van der Waals surface area contributed by atoms with Crippen molar-refractivity contribution in [2.24, 2.45) is 5.92 Å². The molecule has 0 aromatic heterocycles. The zero-order chi connectivity index (χ0) is 15.3. The highest BCUT2D eigenvalue weighted by Crippen LogP contribution is 2.46. The SMILES string of the molecule is Cc1ccc2c(c1)C(C(C)C1C=Cc3c(C)cccc31)C=C2. The Bertz CT molecular complexity index is 788. The van der Waals surface area contributed by atoms with Crippen LogP contribution >= 0.6 is 0 Å². The van der Waals surface area contributed by atoms with E-state index in [-0.39, 0.29) is 0 Å². The number of rotatable bonds is 2. The van der Waals surface area contributed by atoms with Crippen LogP contribution in [0.15, 0.2) is 48.6 Å². The highest BCUT2D eigenvalue weighted by molar-refractivity contribution is 5.67. The van der Waals surface area contributed by atoms with E-state index in [9.17, 15) is 0 Å². The van der Waals surface area contributed by atoms with E-state index >= 15 is 0 Å². The predicted molar refractivity (Wildman–Crippen MR) is 95.1 cm³/mol. The van der Waals surface area contributed by atoms with E-state index in [0.717, 1.165) is 0 Å². The van der Waals surface area contributed by atoms with Crippen LogP contribution in [0.1, 0.15) is 52.1 Å². The lowest BCUT2D eigenvalue weighted by Gasteiger charge is -2.26. The first-order valence-corrected chi connectivity index (χ1v) is 8.21. The summed E-state index contributed by atoms with van der Waals surface area (Å²) in [7, 11) is 0. The molecular formula is C22H22. The Hall–Kier alpha value is -2.08. The molecular weight excluding hydrogens is 264 g/mol. The summed E-state index contributed by atoms with van der Waals surface area (Å²) in [5.74, 6) is 1.63. The number of allylic oxidation sites excluding steroid dienone is 2. The van der Waals surface area contributed by atoms with Crippen molar-refractivity contribution < 1.29 is 0 Å². The first-order valence-electron chi connectivity index (χ1n) is 8.21. The zero-order valence-electron chi connectivity index (χ0n) is 13.5. The maximum Gasteiger partial charge on any atom is 0.00618 e. The Morgan fingerprint density at radius 2 is 1.64 bits per heavy atom. The van der Waals surface area contributed by atoms with Gasteiger partial charge in [-0.2, -0.15) is 0 Å². The number of hydrogen-bond donors (Lipinski definition) is 0. The molecule has 110 valence electrons. The summed E-state index contributed by atoms with van der Waals surface area (Å²) in [5.41, 5.74) is 8.59. The third-order valence-corrected chi connectivity index (χ3v) is 5.40. The number of hydrogen-bond acceptors (Lipinski definition) is 0. The minimum Gasteiger partial charge on any atom is -0.0761 e. The first kappa shape index (κ1) is 13.6. The molecule has 4 rings (SSSR count). The van der Waals surface area contributed by atoms with E-state index in [1.165, 1.54) is 33.4 Å². The van der Waals surface area contributed by atoms with Gasteiger partial charge in [-0.25, -0.2) is 0 Å². The van der Waals surface area contributed by atoms with Gasteiger partial charge in [0.25, 0.3) is 0 Å². The fraction of sp³-hybridized carbons (Fsp3) is 0.273. The van der Waals surface area contributed by atoms with E-state index in [4.69, 9.17) is 0 Å². The van der Waals surface area contributed by atoms with Crippen molar-refractivity contribution in [1.82, 2.24) is 0 Å². The van der Waals surface area contributed by atoms with Crippen LogP contribution in [-0.4, -0.2) is 0 Å². The molecule has 0 spiro atoms. The summed E-state index contributed by atoms with van der Waals surface area (Å²) in [6.45, 7) is 6.80. The lowest BCUT2D eigenvalue weighted by Crippen LogP contribution is -2.14. The molecule has 0 saturated carbocycles. The number of fused-ring (bicyclic) bond motifs is 2. The Kier molecular flexibility index (Phi) is 3.07. The van der Waals surface area contributed by atoms with Crippen LogP contribution in [0.3, 0.4) is 0 Å². The van der Waals surface area contributed by atoms with Gasteiger partial charge in [0.1, 0.15) is 0 Å². The normalized spacial score (nSPS) is 22.7. The van der Waals surface area contributed by atoms with Crippen molar-refractivity contribution in [2.45, 2.75) is 32.6 Å². The van der Waals surface area contributed by atoms with Crippen LogP contribution < -0.4 is 0 Å². The zero-order valence-corrected chi connectivity index (χ0v) is 13.5. The monoisotopic (exact) mass is 286 g/mol. The fourth-order valence-electron chi connectivity index (χ4n) is 4.11. The first-order chi connectivity index (χ1) is 10.6. The van der Waals surface area contributed by atoms with Crippen LogP contribution in [0.5, 0.6) is 0 Å². The number of aryl methyl sites for hydroxylation is 2. The molecule has 2 aromatic rings. The Labute approximate surface area is 133 Å². The smallest absolute Gasteiger partial charge is 0.00618 e. The van der Waals surface area contributed by atoms with Gasteiger partial charge in [0.05, 0.1) is 0 Å². The van der Waals surface area contributed by atoms with Gasteiger partial charge in [0.2, 0.25) is 0 Å². The van der Waals surface area contributed by atoms with Crippen molar-refractivity contribution in [2.75, 3.05) is 0 Å². The highest BCUT2D eigenvalue weighted by atomic mass is 14.3. The van der Waals surface area contributed by atoms with Crippen molar-refractivity contribution in [1.29, 1.82) is 0 Å². The molecule has 0 amide bonds. The van der Waals surface area contributed by atoms with E-state index in [1.54, 1.807) is 0 Å². The Morgan fingerprint density at radius 1 is 0.864 bits per heavy atom. The average molecular weight is 286 g/mol. The van der Waals surface area contributed by atoms with E-state index < -0.39 is 0 Å². The molecule has 2 aliphatic carbocycles. The third-order valence-electron chi connectivity index (χ3n) is 5.40. The molecule has 0 heterocycles. The molecule has 0 nitrogen and oxygen atoms in total. The van der Waals surface area contributed by atoms with Gasteiger partial charge in [-0.05, 0) is 47.6 Å². The summed E-state index contributed by atoms with van der Waals surface area (Å²) in [6, 6.07) is 13.6. The largest absolute Gasteiger partial charge is 0.0761 e. The molecule has 0 saturated heterocycles. The third kappa shape index (κ3) is 1.98. The molecule has 3 atom stereocenters. The van der Waals surface area contributed by atoms with Gasteiger partial charge in [-0.1, -0.05) is 73.2 Å². The summed E-state index contributed by atoms with van der Waals surface area (Å²) in [6.07, 6.45) is 9.42. The quantitative estimate of drug-likeness (QED) is 0.648. The second-order valence-corrected chi connectivity index (χ2v) is 6.84. The standard InChI is InChI=1S/C22H22/c1-14-7-8-17-9-10-20(22(17)13-14)16(3)19-12-11-18-15(2)5-4-6-21(18)19/h4-13,16,19-20H,1-3H3. The lowest BCUT2D eigenvalue weighted by molar-refractivity contribution is 0.482. The van der Waals surface area contributed by atoms with E-state index in [0.29, 0.717) is 17.8 Å². The summed E-state index contributed by atoms with van der Waals surface area (Å²) in [5, 5.41) is 0. The van der Waals surface area contributed by atoms with Gasteiger partial charge in [-0.15, -0.1) is 0 Å². The molecule has 0 heteroatoms. The van der Waals surface area contributed by atoms with Gasteiger partial charge >= 0.3 is 0 Å². The second-order valence-electron chi connectivity index (χ2n) is 6.84. The van der Waals surface area contributed by atoms with Gasteiger partial charge in [-0.3, -0.25) is 0 Å². The van der Waals surface area contributed by atoms with Crippen molar-refractivity contribution in [3.8, 4) is 0 Å². The maximum absolute atomic E-state index is 2.41. The number of benzene rings is 2. The van der Waals surface area contributed by atoms with Crippen LogP contribution in [-0.2, 0) is 0 Å². The van der Waals surface area contributed by atoms with Gasteiger partial charge in [0, 0.05) is 11.8 Å². The van der Waals surface area contributed by atoms with Crippen LogP contribution in [0, 0.1) is 19.8 Å². The fourth-order valence-corrected chi connectivity index (χ4v) is 4.11.